The Bertz CT molecular complexity index is 915. The molecule has 9 nitrogen and oxygen atoms in total. The Morgan fingerprint density at radius 3 is 1.28 bits per heavy atom. The number of rotatable bonds is 0. The second-order valence-electron chi connectivity index (χ2n) is 10.0. The van der Waals surface area contributed by atoms with Gasteiger partial charge in [0.1, 0.15) is 0 Å². The molecule has 4 saturated heterocycles. The van der Waals surface area contributed by atoms with Crippen molar-refractivity contribution in [2.75, 3.05) is 41.3 Å². The van der Waals surface area contributed by atoms with E-state index in [0.29, 0.717) is 12.8 Å². The third-order valence-corrected chi connectivity index (χ3v) is 7.17. The molecule has 0 saturated carbocycles. The van der Waals surface area contributed by atoms with E-state index in [2.05, 4.69) is 19.7 Å². The first-order chi connectivity index (χ1) is 16.5. The van der Waals surface area contributed by atoms with Crippen LogP contribution in [0.3, 0.4) is 0 Å². The Balaban J connectivity index is 0.000000241. The van der Waals surface area contributed by atoms with Crippen LogP contribution in [-0.4, -0.2) is 102 Å². The highest BCUT2D eigenvalue weighted by Gasteiger charge is 2.39. The van der Waals surface area contributed by atoms with Crippen molar-refractivity contribution >= 4 is 29.4 Å². The van der Waals surface area contributed by atoms with Crippen molar-refractivity contribution < 1.29 is 24.0 Å². The van der Waals surface area contributed by atoms with Gasteiger partial charge in [0.05, 0.1) is 17.9 Å². The fourth-order valence-corrected chi connectivity index (χ4v) is 3.98. The fraction of sp³-hybridized carbons (Fsp3) is 0.593. The minimum atomic E-state index is -0.417. The number of amides is 4. The number of ketones is 1. The maximum Gasteiger partial charge on any atom is 0.233 e. The van der Waals surface area contributed by atoms with Crippen LogP contribution in [0.15, 0.2) is 36.5 Å². The maximum absolute atomic E-state index is 11.1. The predicted molar refractivity (Wildman–Crippen MR) is 140 cm³/mol. The molecule has 0 aromatic rings. The summed E-state index contributed by atoms with van der Waals surface area (Å²) < 4.78 is 0. The molecule has 0 aromatic carbocycles. The Labute approximate surface area is 215 Å². The summed E-state index contributed by atoms with van der Waals surface area (Å²) in [5.74, 6) is 0.183. The third-order valence-electron chi connectivity index (χ3n) is 7.17. The molecule has 4 heterocycles. The molecule has 4 atom stereocenters. The first-order valence-electron chi connectivity index (χ1n) is 12.1. The monoisotopic (exact) mass is 502 g/mol. The van der Waals surface area contributed by atoms with E-state index in [1.54, 1.807) is 49.7 Å². The zero-order chi connectivity index (χ0) is 28.1. The molecule has 4 aliphatic heterocycles. The van der Waals surface area contributed by atoms with Crippen molar-refractivity contribution in [2.24, 2.45) is 11.8 Å². The number of nitrogens with zero attached hydrogens (tertiary/aromatic N) is 4. The van der Waals surface area contributed by atoms with Crippen molar-refractivity contribution in [1.82, 2.24) is 19.6 Å². The Morgan fingerprint density at radius 2 is 1.17 bits per heavy atom. The van der Waals surface area contributed by atoms with E-state index < -0.39 is 5.92 Å². The van der Waals surface area contributed by atoms with E-state index in [1.165, 1.54) is 4.90 Å². The lowest BCUT2D eigenvalue weighted by Crippen LogP contribution is -2.28. The van der Waals surface area contributed by atoms with Crippen molar-refractivity contribution in [2.45, 2.75) is 52.6 Å². The zero-order valence-electron chi connectivity index (χ0n) is 23.1. The lowest BCUT2D eigenvalue weighted by Gasteiger charge is -2.14. The van der Waals surface area contributed by atoms with Crippen molar-refractivity contribution in [3.05, 3.63) is 36.5 Å². The lowest BCUT2D eigenvalue weighted by atomic mass is 10.1. The van der Waals surface area contributed by atoms with E-state index in [0.717, 1.165) is 29.8 Å². The molecule has 0 aliphatic carbocycles. The number of hydrogen-bond donors (Lipinski definition) is 0. The van der Waals surface area contributed by atoms with Gasteiger partial charge in [-0.2, -0.15) is 0 Å². The molecule has 4 unspecified atom stereocenters. The summed E-state index contributed by atoms with van der Waals surface area (Å²) in [6, 6.07) is 0.0278. The molecule has 0 bridgehead atoms. The molecule has 0 aromatic heterocycles. The Hall–Kier alpha value is -3.23. The smallest absolute Gasteiger partial charge is 0.233 e. The SMILES string of the molecule is C=C1CC(=O)N(C)C1.C=C1CC(=O)N(C)C1C.C=C1CN(C)C(=O)C1C.CC1C(=O)C(C)N(C)C1=O. The number of Topliss-reactive ketones (excluding diaryl/α,β-unsaturated/α-hetero) is 1. The highest BCUT2D eigenvalue weighted by molar-refractivity contribution is 6.09. The van der Waals surface area contributed by atoms with Gasteiger partial charge in [-0.05, 0) is 44.4 Å². The first-order valence-corrected chi connectivity index (χ1v) is 12.1. The molecule has 4 fully saturated rings. The second kappa shape index (κ2) is 12.6. The van der Waals surface area contributed by atoms with Crippen LogP contribution in [-0.2, 0) is 24.0 Å². The Kier molecular flexibility index (Phi) is 10.8. The summed E-state index contributed by atoms with van der Waals surface area (Å²) >= 11 is 0. The summed E-state index contributed by atoms with van der Waals surface area (Å²) in [7, 11) is 7.07. The van der Waals surface area contributed by atoms with Crippen molar-refractivity contribution in [3.8, 4) is 0 Å². The summed E-state index contributed by atoms with van der Waals surface area (Å²) in [5, 5.41) is 0. The summed E-state index contributed by atoms with van der Waals surface area (Å²) in [6.07, 6.45) is 1.09. The van der Waals surface area contributed by atoms with Gasteiger partial charge in [-0.15, -0.1) is 0 Å². The zero-order valence-corrected chi connectivity index (χ0v) is 23.1. The number of likely N-dealkylation sites (N-methyl/N-ethyl adjacent to an activating group) is 4. The van der Waals surface area contributed by atoms with Gasteiger partial charge in [-0.3, -0.25) is 24.0 Å². The largest absolute Gasteiger partial charge is 0.341 e. The topological polar surface area (TPSA) is 98.3 Å². The van der Waals surface area contributed by atoms with Crippen LogP contribution < -0.4 is 0 Å². The molecule has 4 rings (SSSR count). The van der Waals surface area contributed by atoms with Gasteiger partial charge in [0, 0.05) is 60.2 Å². The molecular weight excluding hydrogens is 460 g/mol. The van der Waals surface area contributed by atoms with Crippen LogP contribution in [0.25, 0.3) is 0 Å². The number of hydrogen-bond acceptors (Lipinski definition) is 5. The predicted octanol–water partition coefficient (Wildman–Crippen LogP) is 1.90. The van der Waals surface area contributed by atoms with Crippen LogP contribution in [0.1, 0.15) is 40.5 Å². The quantitative estimate of drug-likeness (QED) is 0.372. The fourth-order valence-electron chi connectivity index (χ4n) is 3.98. The van der Waals surface area contributed by atoms with Crippen LogP contribution >= 0.6 is 0 Å². The average molecular weight is 503 g/mol. The van der Waals surface area contributed by atoms with Gasteiger partial charge in [0.15, 0.2) is 5.78 Å². The molecule has 0 radical (unpaired) electrons. The van der Waals surface area contributed by atoms with E-state index >= 15 is 0 Å². The minimum absolute atomic E-state index is 0.0347. The summed E-state index contributed by atoms with van der Waals surface area (Å²) in [4.78, 5) is 61.2. The summed E-state index contributed by atoms with van der Waals surface area (Å²) in [6.45, 7) is 20.0. The molecule has 4 amide bonds. The molecule has 0 spiro atoms. The van der Waals surface area contributed by atoms with Crippen LogP contribution in [0, 0.1) is 11.8 Å². The van der Waals surface area contributed by atoms with E-state index in [4.69, 9.17) is 0 Å². The number of carbonyl (C=O) groups is 5. The first kappa shape index (κ1) is 30.8. The average Bonchev–Trinajstić information content (AvgIpc) is 3.38. The lowest BCUT2D eigenvalue weighted by molar-refractivity contribution is -0.131. The summed E-state index contributed by atoms with van der Waals surface area (Å²) in [5.41, 5.74) is 3.09. The molecule has 0 N–H and O–H groups in total. The third kappa shape index (κ3) is 7.38. The van der Waals surface area contributed by atoms with Crippen molar-refractivity contribution in [3.63, 3.8) is 0 Å². The maximum atomic E-state index is 11.1. The molecule has 36 heavy (non-hydrogen) atoms. The van der Waals surface area contributed by atoms with E-state index in [9.17, 15) is 24.0 Å². The number of likely N-dealkylation sites (tertiary alicyclic amines) is 4. The normalized spacial score (nSPS) is 27.8. The van der Waals surface area contributed by atoms with Gasteiger partial charge >= 0.3 is 0 Å². The van der Waals surface area contributed by atoms with Crippen LogP contribution in [0.4, 0.5) is 0 Å². The van der Waals surface area contributed by atoms with Gasteiger partial charge in [0.2, 0.25) is 23.6 Å². The second-order valence-corrected chi connectivity index (χ2v) is 10.0. The molecule has 200 valence electrons. The molecular formula is C27H42N4O5. The number of carbonyl (C=O) groups excluding carboxylic acids is 5. The highest BCUT2D eigenvalue weighted by Crippen LogP contribution is 2.21. The highest BCUT2D eigenvalue weighted by atomic mass is 16.2. The molecule has 4 aliphatic rings. The van der Waals surface area contributed by atoms with E-state index in [1.807, 2.05) is 20.9 Å². The standard InChI is InChI=1S/C7H11NO2.2C7H11NO.C6H9NO/c1-4-6(9)5(2)8(3)7(4)10;1-5-4-8(3)7(9)6(5)2;1-5-4-7(9)8(3)6(5)2;1-5-3-6(8)7(2)4-5/h4-5H,1-3H3;2*6H,1,4H2,2-3H3;1,3-4H2,2H3. The van der Waals surface area contributed by atoms with Crippen molar-refractivity contribution in [1.29, 1.82) is 0 Å². The Morgan fingerprint density at radius 1 is 0.611 bits per heavy atom. The van der Waals surface area contributed by atoms with Crippen LogP contribution in [0.5, 0.6) is 0 Å². The minimum Gasteiger partial charge on any atom is -0.341 e. The molecule has 9 heteroatoms. The van der Waals surface area contributed by atoms with Crippen LogP contribution in [0.2, 0.25) is 0 Å². The van der Waals surface area contributed by atoms with Gasteiger partial charge < -0.3 is 19.6 Å². The van der Waals surface area contributed by atoms with E-state index in [-0.39, 0.29) is 47.4 Å². The van der Waals surface area contributed by atoms with Gasteiger partial charge in [0.25, 0.3) is 0 Å². The van der Waals surface area contributed by atoms with Gasteiger partial charge in [-0.1, -0.05) is 19.7 Å². The van der Waals surface area contributed by atoms with Gasteiger partial charge in [-0.25, -0.2) is 0 Å².